The molecule has 2 aromatic carbocycles. The Balaban J connectivity index is 2.22. The Morgan fingerprint density at radius 1 is 1.10 bits per heavy atom. The van der Waals surface area contributed by atoms with Crippen LogP contribution >= 0.6 is 11.3 Å². The predicted molar refractivity (Wildman–Crippen MR) is 113 cm³/mol. The molecule has 164 valence electrons. The molecule has 3 rings (SSSR count). The van der Waals surface area contributed by atoms with Crippen LogP contribution in [0.4, 0.5) is 0 Å². The first-order valence-electron chi connectivity index (χ1n) is 8.72. The van der Waals surface area contributed by atoms with Gasteiger partial charge in [0.2, 0.25) is 10.0 Å². The molecule has 3 aromatic rings. The van der Waals surface area contributed by atoms with Gasteiger partial charge < -0.3 is 18.8 Å². The number of thiazole rings is 1. The molecule has 0 aliphatic heterocycles. The van der Waals surface area contributed by atoms with Crippen LogP contribution in [0.15, 0.2) is 46.3 Å². The van der Waals surface area contributed by atoms with Gasteiger partial charge in [-0.25, -0.2) is 13.6 Å². The summed E-state index contributed by atoms with van der Waals surface area (Å²) >= 11 is 1.03. The van der Waals surface area contributed by atoms with Gasteiger partial charge in [0.05, 0.1) is 42.0 Å². The predicted octanol–water partition coefficient (Wildman–Crippen LogP) is 1.28. The van der Waals surface area contributed by atoms with Crippen LogP contribution in [0.25, 0.3) is 10.2 Å². The number of hydrogen-bond donors (Lipinski definition) is 1. The maximum atomic E-state index is 12.9. The zero-order valence-electron chi connectivity index (χ0n) is 16.8. The lowest BCUT2D eigenvalue weighted by molar-refractivity contribution is -0.141. The molecule has 2 N–H and O–H groups in total. The quantitative estimate of drug-likeness (QED) is 0.541. The van der Waals surface area contributed by atoms with Crippen molar-refractivity contribution >= 4 is 43.5 Å². The molecule has 0 radical (unpaired) electrons. The number of hydrogen-bond acceptors (Lipinski definition) is 8. The Morgan fingerprint density at radius 3 is 2.45 bits per heavy atom. The van der Waals surface area contributed by atoms with E-state index >= 15 is 0 Å². The van der Waals surface area contributed by atoms with Crippen molar-refractivity contribution in [2.45, 2.75) is 11.4 Å². The molecule has 0 aliphatic rings. The van der Waals surface area contributed by atoms with E-state index in [1.165, 1.54) is 50.2 Å². The van der Waals surface area contributed by atoms with Crippen LogP contribution < -0.4 is 19.4 Å². The van der Waals surface area contributed by atoms with Crippen LogP contribution in [0, 0.1) is 0 Å². The van der Waals surface area contributed by atoms with E-state index in [1.54, 1.807) is 12.1 Å². The maximum Gasteiger partial charge on any atom is 0.325 e. The van der Waals surface area contributed by atoms with Crippen molar-refractivity contribution in [3.8, 4) is 11.5 Å². The highest BCUT2D eigenvalue weighted by molar-refractivity contribution is 7.89. The highest BCUT2D eigenvalue weighted by Gasteiger charge is 2.17. The van der Waals surface area contributed by atoms with E-state index < -0.39 is 21.9 Å². The molecule has 0 unspecified atom stereocenters. The van der Waals surface area contributed by atoms with Gasteiger partial charge in [-0.2, -0.15) is 4.99 Å². The number of primary sulfonamides is 1. The molecule has 0 aliphatic carbocycles. The second-order valence-corrected chi connectivity index (χ2v) is 8.78. The third kappa shape index (κ3) is 4.76. The summed E-state index contributed by atoms with van der Waals surface area (Å²) in [4.78, 5) is 29.1. The van der Waals surface area contributed by atoms with E-state index in [1.807, 2.05) is 0 Å². The minimum absolute atomic E-state index is 0.0983. The van der Waals surface area contributed by atoms with Crippen LogP contribution in [0.1, 0.15) is 10.4 Å². The lowest BCUT2D eigenvalue weighted by Crippen LogP contribution is -2.22. The molecule has 0 fully saturated rings. The second kappa shape index (κ2) is 8.88. The molecule has 0 saturated carbocycles. The standard InChI is InChI=1S/C19H19N3O7S2/c1-27-11-4-7-15(28-2)13(8-11)18(24)21-19-22(10-17(23)29-3)14-6-5-12(31(20,25)26)9-16(14)30-19/h4-9H,10H2,1-3H3,(H2,20,25,26). The number of carbonyl (C=O) groups excluding carboxylic acids is 2. The first-order valence-corrected chi connectivity index (χ1v) is 11.1. The molecule has 0 spiro atoms. The van der Waals surface area contributed by atoms with Crippen molar-refractivity contribution in [2.75, 3.05) is 21.3 Å². The molecule has 1 aromatic heterocycles. The zero-order valence-corrected chi connectivity index (χ0v) is 18.5. The van der Waals surface area contributed by atoms with Gasteiger partial charge in [-0.3, -0.25) is 9.59 Å². The second-order valence-electron chi connectivity index (χ2n) is 6.20. The summed E-state index contributed by atoms with van der Waals surface area (Å²) in [5, 5.41) is 5.20. The number of benzene rings is 2. The number of amides is 1. The zero-order chi connectivity index (χ0) is 22.8. The van der Waals surface area contributed by atoms with E-state index in [-0.39, 0.29) is 21.8 Å². The molecule has 0 atom stereocenters. The highest BCUT2D eigenvalue weighted by Crippen LogP contribution is 2.25. The number of aromatic nitrogens is 1. The fourth-order valence-corrected chi connectivity index (χ4v) is 4.47. The third-order valence-corrected chi connectivity index (χ3v) is 6.28. The van der Waals surface area contributed by atoms with Crippen molar-refractivity contribution < 1.29 is 32.2 Å². The molecule has 31 heavy (non-hydrogen) atoms. The van der Waals surface area contributed by atoms with Crippen molar-refractivity contribution in [2.24, 2.45) is 10.1 Å². The molecule has 1 heterocycles. The number of nitrogens with two attached hydrogens (primary N) is 1. The number of sulfonamides is 1. The van der Waals surface area contributed by atoms with Gasteiger partial charge >= 0.3 is 5.97 Å². The first-order chi connectivity index (χ1) is 14.7. The number of ether oxygens (including phenoxy) is 3. The number of methoxy groups -OCH3 is 3. The molecule has 12 heteroatoms. The van der Waals surface area contributed by atoms with E-state index in [0.29, 0.717) is 21.7 Å². The van der Waals surface area contributed by atoms with Crippen molar-refractivity contribution in [3.63, 3.8) is 0 Å². The number of esters is 1. The van der Waals surface area contributed by atoms with Gasteiger partial charge in [0.15, 0.2) is 4.80 Å². The topological polar surface area (TPSA) is 139 Å². The van der Waals surface area contributed by atoms with E-state index in [9.17, 15) is 18.0 Å². The first kappa shape index (κ1) is 22.5. The van der Waals surface area contributed by atoms with Crippen molar-refractivity contribution in [1.29, 1.82) is 0 Å². The average molecular weight is 466 g/mol. The van der Waals surface area contributed by atoms with Crippen LogP contribution in [-0.2, 0) is 26.1 Å². The lowest BCUT2D eigenvalue weighted by atomic mass is 10.2. The van der Waals surface area contributed by atoms with Gasteiger partial charge in [-0.05, 0) is 36.4 Å². The number of fused-ring (bicyclic) bond motifs is 1. The summed E-state index contributed by atoms with van der Waals surface area (Å²) in [6, 6.07) is 8.87. The van der Waals surface area contributed by atoms with Crippen LogP contribution in [0.5, 0.6) is 11.5 Å². The van der Waals surface area contributed by atoms with Gasteiger partial charge in [-0.15, -0.1) is 0 Å². The van der Waals surface area contributed by atoms with Gasteiger partial charge in [0.25, 0.3) is 5.91 Å². The van der Waals surface area contributed by atoms with Gasteiger partial charge in [0, 0.05) is 0 Å². The summed E-state index contributed by atoms with van der Waals surface area (Å²) in [6.07, 6.45) is 0. The largest absolute Gasteiger partial charge is 0.497 e. The fourth-order valence-electron chi connectivity index (χ4n) is 2.79. The van der Waals surface area contributed by atoms with Crippen LogP contribution in [0.2, 0.25) is 0 Å². The third-order valence-electron chi connectivity index (χ3n) is 4.33. The summed E-state index contributed by atoms with van der Waals surface area (Å²) in [5.74, 6) is -0.460. The minimum Gasteiger partial charge on any atom is -0.497 e. The Hall–Kier alpha value is -3.22. The number of nitrogens with zero attached hydrogens (tertiary/aromatic N) is 2. The van der Waals surface area contributed by atoms with E-state index in [2.05, 4.69) is 4.99 Å². The average Bonchev–Trinajstić information content (AvgIpc) is 3.08. The highest BCUT2D eigenvalue weighted by atomic mass is 32.2. The number of rotatable bonds is 6. The van der Waals surface area contributed by atoms with Crippen molar-refractivity contribution in [1.82, 2.24) is 4.57 Å². The molecular weight excluding hydrogens is 446 g/mol. The molecule has 0 saturated heterocycles. The van der Waals surface area contributed by atoms with E-state index in [4.69, 9.17) is 19.3 Å². The molecule has 0 bridgehead atoms. The SMILES string of the molecule is COC(=O)Cn1c(=NC(=O)c2cc(OC)ccc2OC)sc2cc(S(N)(=O)=O)ccc21. The Kier molecular flexibility index (Phi) is 6.43. The normalized spacial score (nSPS) is 12.1. The Morgan fingerprint density at radius 2 is 1.84 bits per heavy atom. The van der Waals surface area contributed by atoms with Crippen LogP contribution in [0.3, 0.4) is 0 Å². The molecule has 1 amide bonds. The summed E-state index contributed by atoms with van der Waals surface area (Å²) in [7, 11) is 0.191. The molecule has 10 nitrogen and oxygen atoms in total. The Labute approximate surface area is 181 Å². The van der Waals surface area contributed by atoms with Gasteiger partial charge in [-0.1, -0.05) is 11.3 Å². The summed E-state index contributed by atoms with van der Waals surface area (Å²) in [5.41, 5.74) is 0.654. The number of carbonyl (C=O) groups is 2. The monoisotopic (exact) mass is 465 g/mol. The fraction of sp³-hybridized carbons (Fsp3) is 0.211. The summed E-state index contributed by atoms with van der Waals surface area (Å²) in [6.45, 7) is -0.230. The van der Waals surface area contributed by atoms with E-state index in [0.717, 1.165) is 11.3 Å². The van der Waals surface area contributed by atoms with Crippen LogP contribution in [-0.4, -0.2) is 46.2 Å². The molecular formula is C19H19N3O7S2. The smallest absolute Gasteiger partial charge is 0.325 e. The van der Waals surface area contributed by atoms with Crippen molar-refractivity contribution in [3.05, 3.63) is 46.8 Å². The maximum absolute atomic E-state index is 12.9. The Bertz CT molecular complexity index is 1340. The van der Waals surface area contributed by atoms with Gasteiger partial charge in [0.1, 0.15) is 18.0 Å². The minimum atomic E-state index is -3.93. The summed E-state index contributed by atoms with van der Waals surface area (Å²) < 4.78 is 40.4. The lowest BCUT2D eigenvalue weighted by Gasteiger charge is -2.07.